The van der Waals surface area contributed by atoms with Crippen LogP contribution in [0.1, 0.15) is 43.1 Å². The Bertz CT molecular complexity index is 906. The van der Waals surface area contributed by atoms with Crippen molar-refractivity contribution in [3.05, 3.63) is 72.1 Å². The summed E-state index contributed by atoms with van der Waals surface area (Å²) < 4.78 is 1.92. The van der Waals surface area contributed by atoms with Crippen molar-refractivity contribution in [3.63, 3.8) is 0 Å². The van der Waals surface area contributed by atoms with Gasteiger partial charge in [0.25, 0.3) is 0 Å². The molecule has 1 aliphatic carbocycles. The zero-order valence-electron chi connectivity index (χ0n) is 15.2. The molecule has 0 aliphatic heterocycles. The second-order valence-electron chi connectivity index (χ2n) is 6.76. The van der Waals surface area contributed by atoms with Crippen LogP contribution in [0.3, 0.4) is 0 Å². The van der Waals surface area contributed by atoms with Gasteiger partial charge in [0.1, 0.15) is 5.82 Å². The van der Waals surface area contributed by atoms with Crippen LogP contribution < -0.4 is 5.32 Å². The molecular formula is C21H22N4OS. The molecule has 0 radical (unpaired) electrons. The number of carbonyl (C=O) groups is 1. The number of para-hydroxylation sites is 1. The van der Waals surface area contributed by atoms with Gasteiger partial charge in [0, 0.05) is 5.92 Å². The standard InChI is InChI=1S/C21H22N4OS/c1-15(16-8-4-2-5-9-16)22-19(26)14-27-21-23-20(17-12-13-17)25(24-21)18-10-6-3-7-11-18/h2-11,15,17H,12-14H2,1H3,(H,22,26)/t15-/m0/s1. The summed E-state index contributed by atoms with van der Waals surface area (Å²) >= 11 is 1.39. The first-order valence-corrected chi connectivity index (χ1v) is 10.2. The molecule has 0 spiro atoms. The molecule has 1 aliphatic rings. The van der Waals surface area contributed by atoms with E-state index in [0.717, 1.165) is 29.9 Å². The van der Waals surface area contributed by atoms with Crippen molar-refractivity contribution in [1.82, 2.24) is 20.1 Å². The van der Waals surface area contributed by atoms with Crippen LogP contribution in [0.4, 0.5) is 0 Å². The lowest BCUT2D eigenvalue weighted by atomic mass is 10.1. The monoisotopic (exact) mass is 378 g/mol. The van der Waals surface area contributed by atoms with Gasteiger partial charge in [-0.25, -0.2) is 9.67 Å². The first-order chi connectivity index (χ1) is 13.2. The van der Waals surface area contributed by atoms with E-state index in [-0.39, 0.29) is 11.9 Å². The quantitative estimate of drug-likeness (QED) is 0.629. The van der Waals surface area contributed by atoms with Gasteiger partial charge in [-0.3, -0.25) is 4.79 Å². The average Bonchev–Trinajstić information content (AvgIpc) is 3.47. The summed E-state index contributed by atoms with van der Waals surface area (Å²) in [4.78, 5) is 17.0. The Kier molecular flexibility index (Phi) is 5.25. The molecule has 1 heterocycles. The Morgan fingerprint density at radius 2 is 1.81 bits per heavy atom. The van der Waals surface area contributed by atoms with Crippen LogP contribution in [0.2, 0.25) is 0 Å². The zero-order valence-corrected chi connectivity index (χ0v) is 16.0. The van der Waals surface area contributed by atoms with Crippen LogP contribution in [0, 0.1) is 0 Å². The van der Waals surface area contributed by atoms with E-state index in [4.69, 9.17) is 4.98 Å². The summed E-state index contributed by atoms with van der Waals surface area (Å²) in [6.07, 6.45) is 2.31. The van der Waals surface area contributed by atoms with Gasteiger partial charge in [0.15, 0.2) is 0 Å². The fourth-order valence-electron chi connectivity index (χ4n) is 2.97. The van der Waals surface area contributed by atoms with E-state index >= 15 is 0 Å². The van der Waals surface area contributed by atoms with E-state index in [1.165, 1.54) is 11.8 Å². The Balaban J connectivity index is 1.40. The third kappa shape index (κ3) is 4.39. The van der Waals surface area contributed by atoms with E-state index < -0.39 is 0 Å². The first kappa shape index (κ1) is 17.8. The van der Waals surface area contributed by atoms with Gasteiger partial charge in [-0.2, -0.15) is 0 Å². The van der Waals surface area contributed by atoms with E-state index in [9.17, 15) is 4.79 Å². The molecule has 0 bridgehead atoms. The number of thioether (sulfide) groups is 1. The molecule has 6 heteroatoms. The van der Waals surface area contributed by atoms with Gasteiger partial charge in [-0.15, -0.1) is 5.10 Å². The van der Waals surface area contributed by atoms with Crippen molar-refractivity contribution in [2.75, 3.05) is 5.75 Å². The third-order valence-electron chi connectivity index (χ3n) is 4.57. The number of hydrogen-bond acceptors (Lipinski definition) is 4. The summed E-state index contributed by atoms with van der Waals surface area (Å²) in [5.41, 5.74) is 2.11. The highest BCUT2D eigenvalue weighted by Crippen LogP contribution is 2.40. The van der Waals surface area contributed by atoms with Gasteiger partial charge in [-0.1, -0.05) is 60.3 Å². The van der Waals surface area contributed by atoms with Crippen LogP contribution in [-0.2, 0) is 4.79 Å². The van der Waals surface area contributed by atoms with Gasteiger partial charge < -0.3 is 5.32 Å². The molecule has 138 valence electrons. The summed E-state index contributed by atoms with van der Waals surface area (Å²) in [5, 5.41) is 8.33. The molecule has 0 saturated heterocycles. The molecule has 2 aromatic carbocycles. The summed E-state index contributed by atoms with van der Waals surface area (Å²) in [6.45, 7) is 1.99. The van der Waals surface area contributed by atoms with Crippen molar-refractivity contribution in [1.29, 1.82) is 0 Å². The van der Waals surface area contributed by atoms with Gasteiger partial charge in [0.05, 0.1) is 17.5 Å². The van der Waals surface area contributed by atoms with Gasteiger partial charge >= 0.3 is 0 Å². The second-order valence-corrected chi connectivity index (χ2v) is 7.71. The Morgan fingerprint density at radius 3 is 2.48 bits per heavy atom. The minimum atomic E-state index is -0.0174. The lowest BCUT2D eigenvalue weighted by molar-refractivity contribution is -0.119. The molecule has 1 amide bonds. The second kappa shape index (κ2) is 7.96. The SMILES string of the molecule is C[C@H](NC(=O)CSc1nc(C2CC2)n(-c2ccccc2)n1)c1ccccc1. The molecule has 3 aromatic rings. The minimum Gasteiger partial charge on any atom is -0.349 e. The van der Waals surface area contributed by atoms with Crippen molar-refractivity contribution < 1.29 is 4.79 Å². The fourth-order valence-corrected chi connectivity index (χ4v) is 3.61. The summed E-state index contributed by atoms with van der Waals surface area (Å²) in [5.74, 6) is 1.78. The Morgan fingerprint density at radius 1 is 1.15 bits per heavy atom. The van der Waals surface area contributed by atoms with Crippen molar-refractivity contribution in [3.8, 4) is 5.69 Å². The first-order valence-electron chi connectivity index (χ1n) is 9.20. The maximum Gasteiger partial charge on any atom is 0.230 e. The normalized spacial score (nSPS) is 14.7. The largest absolute Gasteiger partial charge is 0.349 e. The zero-order chi connectivity index (χ0) is 18.6. The maximum absolute atomic E-state index is 12.3. The molecule has 1 saturated carbocycles. The number of rotatable bonds is 7. The highest BCUT2D eigenvalue weighted by atomic mass is 32.2. The van der Waals surface area contributed by atoms with Crippen LogP contribution in [-0.4, -0.2) is 26.4 Å². The minimum absolute atomic E-state index is 0.0135. The Hall–Kier alpha value is -2.60. The topological polar surface area (TPSA) is 59.8 Å². The predicted molar refractivity (Wildman–Crippen MR) is 107 cm³/mol. The number of amides is 1. The molecule has 1 N–H and O–H groups in total. The van der Waals surface area contributed by atoms with Crippen LogP contribution in [0.15, 0.2) is 65.8 Å². The smallest absolute Gasteiger partial charge is 0.230 e. The summed E-state index contributed by atoms with van der Waals surface area (Å²) in [6, 6.07) is 20.0. The highest BCUT2D eigenvalue weighted by Gasteiger charge is 2.30. The van der Waals surface area contributed by atoms with E-state index in [2.05, 4.69) is 10.4 Å². The number of nitrogens with one attached hydrogen (secondary N) is 1. The summed E-state index contributed by atoms with van der Waals surface area (Å²) in [7, 11) is 0. The molecule has 1 aromatic heterocycles. The lowest BCUT2D eigenvalue weighted by Crippen LogP contribution is -2.28. The van der Waals surface area contributed by atoms with E-state index in [0.29, 0.717) is 16.8 Å². The van der Waals surface area contributed by atoms with Crippen LogP contribution >= 0.6 is 11.8 Å². The maximum atomic E-state index is 12.3. The van der Waals surface area contributed by atoms with Crippen molar-refractivity contribution in [2.45, 2.75) is 36.9 Å². The van der Waals surface area contributed by atoms with Gasteiger partial charge in [0.2, 0.25) is 11.1 Å². The lowest BCUT2D eigenvalue weighted by Gasteiger charge is -2.13. The number of nitrogens with zero attached hydrogens (tertiary/aromatic N) is 3. The highest BCUT2D eigenvalue weighted by molar-refractivity contribution is 7.99. The number of hydrogen-bond donors (Lipinski definition) is 1. The van der Waals surface area contributed by atoms with Gasteiger partial charge in [-0.05, 0) is 37.5 Å². The predicted octanol–water partition coefficient (Wildman–Crippen LogP) is 4.11. The molecule has 27 heavy (non-hydrogen) atoms. The number of carbonyl (C=O) groups excluding carboxylic acids is 1. The molecule has 5 nitrogen and oxygen atoms in total. The van der Waals surface area contributed by atoms with Crippen molar-refractivity contribution in [2.24, 2.45) is 0 Å². The van der Waals surface area contributed by atoms with E-state index in [1.807, 2.05) is 72.3 Å². The molecular weight excluding hydrogens is 356 g/mol. The molecule has 4 rings (SSSR count). The van der Waals surface area contributed by atoms with Crippen LogP contribution in [0.25, 0.3) is 5.69 Å². The number of benzene rings is 2. The Labute approximate surface area is 163 Å². The number of aromatic nitrogens is 3. The third-order valence-corrected chi connectivity index (χ3v) is 5.40. The van der Waals surface area contributed by atoms with Crippen LogP contribution in [0.5, 0.6) is 0 Å². The fraction of sp³-hybridized carbons (Fsp3) is 0.286. The van der Waals surface area contributed by atoms with E-state index in [1.54, 1.807) is 0 Å². The molecule has 1 fully saturated rings. The average molecular weight is 379 g/mol. The van der Waals surface area contributed by atoms with Crippen molar-refractivity contribution >= 4 is 17.7 Å². The molecule has 0 unspecified atom stereocenters. The molecule has 1 atom stereocenters.